The van der Waals surface area contributed by atoms with Crippen LogP contribution in [0.25, 0.3) is 0 Å². The summed E-state index contributed by atoms with van der Waals surface area (Å²) in [7, 11) is 0. The summed E-state index contributed by atoms with van der Waals surface area (Å²) >= 11 is 0. The van der Waals surface area contributed by atoms with Gasteiger partial charge in [-0.2, -0.15) is 0 Å². The molecule has 0 aromatic carbocycles. The van der Waals surface area contributed by atoms with Gasteiger partial charge >= 0.3 is 0 Å². The zero-order valence-electron chi connectivity index (χ0n) is 9.54. The van der Waals surface area contributed by atoms with Crippen molar-refractivity contribution in [3.8, 4) is 0 Å². The molecular weight excluding hydrogens is 184 g/mol. The number of hydrogen-bond acceptors (Lipinski definition) is 1. The van der Waals surface area contributed by atoms with E-state index in [0.717, 1.165) is 18.3 Å². The lowest BCUT2D eigenvalue weighted by molar-refractivity contribution is 0.110. The number of rotatable bonds is 0. The zero-order valence-corrected chi connectivity index (χ0v) is 9.54. The molecule has 0 spiro atoms. The summed E-state index contributed by atoms with van der Waals surface area (Å²) in [6, 6.07) is 0. The molecule has 1 saturated carbocycles. The average molecular weight is 206 g/mol. The predicted molar refractivity (Wildman–Crippen MR) is 61.6 cm³/mol. The molecule has 2 unspecified atom stereocenters. The molecule has 0 saturated heterocycles. The highest BCUT2D eigenvalue weighted by Gasteiger charge is 2.37. The summed E-state index contributed by atoms with van der Waals surface area (Å²) in [5.41, 5.74) is 3.16. The zero-order chi connectivity index (χ0) is 10.3. The third kappa shape index (κ3) is 1.65. The minimum Gasteiger partial charge on any atom is -0.389 e. The fourth-order valence-corrected chi connectivity index (χ4v) is 4.13. The third-order valence-corrected chi connectivity index (χ3v) is 4.84. The summed E-state index contributed by atoms with van der Waals surface area (Å²) in [6.45, 7) is 0. The number of aliphatic hydroxyl groups is 1. The van der Waals surface area contributed by atoms with Crippen LogP contribution >= 0.6 is 0 Å². The number of allylic oxidation sites excluding steroid dienone is 1. The number of hydrogen-bond donors (Lipinski definition) is 1. The Kier molecular flexibility index (Phi) is 2.59. The van der Waals surface area contributed by atoms with Crippen LogP contribution in [0.5, 0.6) is 0 Å². The second kappa shape index (κ2) is 3.93. The maximum atomic E-state index is 10.2. The second-order valence-electron chi connectivity index (χ2n) is 5.66. The fourth-order valence-electron chi connectivity index (χ4n) is 4.13. The van der Waals surface area contributed by atoms with Gasteiger partial charge < -0.3 is 5.11 Å². The number of aliphatic hydroxyl groups excluding tert-OH is 1. The first kappa shape index (κ1) is 9.89. The monoisotopic (exact) mass is 206 g/mol. The Morgan fingerprint density at radius 2 is 1.60 bits per heavy atom. The Morgan fingerprint density at radius 3 is 2.47 bits per heavy atom. The van der Waals surface area contributed by atoms with E-state index in [2.05, 4.69) is 0 Å². The van der Waals surface area contributed by atoms with Crippen molar-refractivity contribution in [2.24, 2.45) is 11.8 Å². The molecule has 1 fully saturated rings. The van der Waals surface area contributed by atoms with Gasteiger partial charge in [0.25, 0.3) is 0 Å². The van der Waals surface area contributed by atoms with Crippen LogP contribution in [0.1, 0.15) is 57.8 Å². The maximum Gasteiger partial charge on any atom is 0.0755 e. The van der Waals surface area contributed by atoms with E-state index in [1.807, 2.05) is 0 Å². The average Bonchev–Trinajstić information content (AvgIpc) is 2.30. The van der Waals surface area contributed by atoms with Crippen LogP contribution in [-0.2, 0) is 0 Å². The highest BCUT2D eigenvalue weighted by Crippen LogP contribution is 2.47. The molecule has 3 aliphatic rings. The van der Waals surface area contributed by atoms with Crippen LogP contribution in [0.15, 0.2) is 11.1 Å². The van der Waals surface area contributed by atoms with Crippen LogP contribution < -0.4 is 0 Å². The normalized spacial score (nSPS) is 41.0. The first-order valence-electron chi connectivity index (χ1n) is 6.76. The van der Waals surface area contributed by atoms with Crippen LogP contribution in [0.2, 0.25) is 0 Å². The Labute approximate surface area is 92.6 Å². The topological polar surface area (TPSA) is 20.2 Å². The van der Waals surface area contributed by atoms with E-state index in [-0.39, 0.29) is 6.10 Å². The van der Waals surface area contributed by atoms with E-state index in [4.69, 9.17) is 0 Å². The minimum atomic E-state index is -0.0698. The van der Waals surface area contributed by atoms with Gasteiger partial charge in [0.05, 0.1) is 6.10 Å². The molecule has 0 aliphatic heterocycles. The molecule has 3 atom stereocenters. The van der Waals surface area contributed by atoms with Gasteiger partial charge in [0.15, 0.2) is 0 Å². The fraction of sp³-hybridized carbons (Fsp3) is 0.857. The first-order valence-corrected chi connectivity index (χ1v) is 6.76. The van der Waals surface area contributed by atoms with E-state index in [1.54, 1.807) is 5.57 Å². The highest BCUT2D eigenvalue weighted by atomic mass is 16.3. The maximum absolute atomic E-state index is 10.2. The van der Waals surface area contributed by atoms with Gasteiger partial charge in [-0.25, -0.2) is 0 Å². The lowest BCUT2D eigenvalue weighted by Gasteiger charge is -2.43. The van der Waals surface area contributed by atoms with Gasteiger partial charge in [-0.05, 0) is 62.4 Å². The van der Waals surface area contributed by atoms with Crippen LogP contribution in [0, 0.1) is 11.8 Å². The Bertz CT molecular complexity index is 279. The molecule has 15 heavy (non-hydrogen) atoms. The summed E-state index contributed by atoms with van der Waals surface area (Å²) in [6.07, 6.45) is 11.8. The molecule has 0 heterocycles. The van der Waals surface area contributed by atoms with Crippen LogP contribution in [0.4, 0.5) is 0 Å². The summed E-state index contributed by atoms with van der Waals surface area (Å²) < 4.78 is 0. The molecule has 0 bridgehead atoms. The molecule has 1 N–H and O–H groups in total. The van der Waals surface area contributed by atoms with Gasteiger partial charge in [-0.3, -0.25) is 0 Å². The number of fused-ring (bicyclic) bond motifs is 2. The van der Waals surface area contributed by atoms with Crippen LogP contribution in [0.3, 0.4) is 0 Å². The molecule has 3 rings (SSSR count). The van der Waals surface area contributed by atoms with Gasteiger partial charge in [0.2, 0.25) is 0 Å². The van der Waals surface area contributed by atoms with Gasteiger partial charge in [0, 0.05) is 0 Å². The third-order valence-electron chi connectivity index (χ3n) is 4.84. The molecule has 1 nitrogen and oxygen atoms in total. The van der Waals surface area contributed by atoms with E-state index >= 15 is 0 Å². The van der Waals surface area contributed by atoms with Crippen molar-refractivity contribution in [2.75, 3.05) is 0 Å². The van der Waals surface area contributed by atoms with Crippen molar-refractivity contribution in [3.05, 3.63) is 11.1 Å². The van der Waals surface area contributed by atoms with Crippen molar-refractivity contribution in [1.82, 2.24) is 0 Å². The first-order chi connectivity index (χ1) is 7.36. The minimum absolute atomic E-state index is 0.0698. The Morgan fingerprint density at radius 1 is 0.867 bits per heavy atom. The Balaban J connectivity index is 1.92. The molecule has 0 aromatic heterocycles. The van der Waals surface area contributed by atoms with Crippen molar-refractivity contribution in [1.29, 1.82) is 0 Å². The van der Waals surface area contributed by atoms with Crippen molar-refractivity contribution < 1.29 is 5.11 Å². The van der Waals surface area contributed by atoms with E-state index in [1.165, 1.54) is 56.9 Å². The smallest absolute Gasteiger partial charge is 0.0755 e. The van der Waals surface area contributed by atoms with E-state index in [9.17, 15) is 5.11 Å². The lowest BCUT2D eigenvalue weighted by atomic mass is 9.64. The molecule has 1 heteroatoms. The van der Waals surface area contributed by atoms with Crippen molar-refractivity contribution >= 4 is 0 Å². The standard InChI is InChI=1S/C14H22O/c15-14-9-10-5-1-2-6-11(10)12-7-3-4-8-13(12)14/h10-11,14-15H,1-9H2/t10?,11-,14?/m1/s1. The summed E-state index contributed by atoms with van der Waals surface area (Å²) in [5, 5.41) is 10.2. The van der Waals surface area contributed by atoms with Crippen LogP contribution in [-0.4, -0.2) is 11.2 Å². The van der Waals surface area contributed by atoms with Crippen molar-refractivity contribution in [3.63, 3.8) is 0 Å². The van der Waals surface area contributed by atoms with E-state index in [0.29, 0.717) is 0 Å². The highest BCUT2D eigenvalue weighted by molar-refractivity contribution is 5.27. The van der Waals surface area contributed by atoms with Gasteiger partial charge in [0.1, 0.15) is 0 Å². The predicted octanol–water partition coefficient (Wildman–Crippen LogP) is 3.43. The van der Waals surface area contributed by atoms with E-state index < -0.39 is 0 Å². The SMILES string of the molecule is OC1CC2CCCC[C@H]2C2=C1CCCC2. The largest absolute Gasteiger partial charge is 0.389 e. The summed E-state index contributed by atoms with van der Waals surface area (Å²) in [5.74, 6) is 1.70. The molecule has 84 valence electrons. The lowest BCUT2D eigenvalue weighted by Crippen LogP contribution is -2.34. The molecular formula is C14H22O. The summed E-state index contributed by atoms with van der Waals surface area (Å²) in [4.78, 5) is 0. The Hall–Kier alpha value is -0.300. The quantitative estimate of drug-likeness (QED) is 0.602. The molecule has 3 aliphatic carbocycles. The van der Waals surface area contributed by atoms with Crippen molar-refractivity contribution in [2.45, 2.75) is 63.9 Å². The molecule has 0 aromatic rings. The molecule has 0 radical (unpaired) electrons. The molecule has 0 amide bonds. The van der Waals surface area contributed by atoms with Gasteiger partial charge in [-0.1, -0.05) is 18.4 Å². The van der Waals surface area contributed by atoms with Gasteiger partial charge in [-0.15, -0.1) is 0 Å². The second-order valence-corrected chi connectivity index (χ2v) is 5.66.